The van der Waals surface area contributed by atoms with Crippen LogP contribution in [0.25, 0.3) is 0 Å². The summed E-state index contributed by atoms with van der Waals surface area (Å²) in [6.45, 7) is 9.74. The van der Waals surface area contributed by atoms with Crippen LogP contribution in [-0.4, -0.2) is 41.2 Å². The Morgan fingerprint density at radius 1 is 0.957 bits per heavy atom. The Hall–Kier alpha value is -1.21. The number of carbonyl (C=O) groups excluding carboxylic acids is 1. The van der Waals surface area contributed by atoms with E-state index in [9.17, 15) is 4.79 Å². The Morgan fingerprint density at radius 2 is 1.48 bits per heavy atom. The molecular weight excluding hydrogens is 312 g/mol. The fourth-order valence-corrected chi connectivity index (χ4v) is 4.81. The van der Waals surface area contributed by atoms with Crippen LogP contribution in [-0.2, 0) is 18.0 Å². The minimum atomic E-state index is -2.65. The van der Waals surface area contributed by atoms with E-state index in [-0.39, 0.29) is 5.97 Å². The fourth-order valence-electron chi connectivity index (χ4n) is 2.23. The summed E-state index contributed by atoms with van der Waals surface area (Å²) < 4.78 is 22.6. The lowest BCUT2D eigenvalue weighted by Crippen LogP contribution is -2.46. The zero-order chi connectivity index (χ0) is 17.1. The summed E-state index contributed by atoms with van der Waals surface area (Å²) in [5.74, 6) is -0.304. The van der Waals surface area contributed by atoms with Gasteiger partial charge in [-0.05, 0) is 46.2 Å². The predicted molar refractivity (Wildman–Crippen MR) is 91.5 cm³/mol. The Labute approximate surface area is 140 Å². The summed E-state index contributed by atoms with van der Waals surface area (Å²) in [5, 5.41) is 0. The second-order valence-electron chi connectivity index (χ2n) is 5.09. The molecule has 0 heterocycles. The monoisotopic (exact) mass is 340 g/mol. The molecule has 0 saturated carbocycles. The first-order chi connectivity index (χ1) is 11.1. The van der Waals surface area contributed by atoms with Crippen LogP contribution in [0.5, 0.6) is 0 Å². The van der Waals surface area contributed by atoms with Gasteiger partial charge in [0.15, 0.2) is 0 Å². The molecule has 0 radical (unpaired) electrons. The van der Waals surface area contributed by atoms with Crippen LogP contribution in [0.2, 0.25) is 6.04 Å². The minimum Gasteiger partial charge on any atom is -0.462 e. The molecule has 130 valence electrons. The average molecular weight is 340 g/mol. The van der Waals surface area contributed by atoms with Gasteiger partial charge in [-0.2, -0.15) is 0 Å². The molecule has 0 spiro atoms. The third-order valence-electron chi connectivity index (χ3n) is 3.24. The number of esters is 1. The van der Waals surface area contributed by atoms with E-state index in [0.29, 0.717) is 44.5 Å². The Balaban J connectivity index is 2.46. The van der Waals surface area contributed by atoms with Gasteiger partial charge in [0, 0.05) is 25.9 Å². The van der Waals surface area contributed by atoms with Gasteiger partial charge in [0.05, 0.1) is 12.2 Å². The summed E-state index contributed by atoms with van der Waals surface area (Å²) >= 11 is 0. The molecule has 0 saturated heterocycles. The lowest BCUT2D eigenvalue weighted by Gasteiger charge is -2.28. The van der Waals surface area contributed by atoms with Crippen LogP contribution in [0, 0.1) is 6.92 Å². The molecule has 0 bridgehead atoms. The van der Waals surface area contributed by atoms with E-state index in [0.717, 1.165) is 5.56 Å². The van der Waals surface area contributed by atoms with Gasteiger partial charge in [-0.15, -0.1) is 0 Å². The standard InChI is InChI=1S/C17H28O5Si/c1-5-20-23(21-6-2,22-7-3)14-8-13-19-17(18)16-11-9-15(4)10-12-16/h9-12H,5-8,13-14H2,1-4H3. The molecule has 1 aromatic rings. The molecular formula is C17H28O5Si. The van der Waals surface area contributed by atoms with Crippen molar-refractivity contribution in [2.45, 2.75) is 40.2 Å². The molecule has 0 aliphatic heterocycles. The second kappa shape index (κ2) is 10.5. The molecule has 0 amide bonds. The number of benzene rings is 1. The maximum Gasteiger partial charge on any atom is 0.501 e. The molecule has 23 heavy (non-hydrogen) atoms. The van der Waals surface area contributed by atoms with E-state index in [4.69, 9.17) is 18.0 Å². The van der Waals surface area contributed by atoms with E-state index in [1.165, 1.54) is 0 Å². The highest BCUT2D eigenvalue weighted by Crippen LogP contribution is 2.18. The normalized spacial score (nSPS) is 11.5. The van der Waals surface area contributed by atoms with Crippen molar-refractivity contribution in [2.24, 2.45) is 0 Å². The van der Waals surface area contributed by atoms with Crippen molar-refractivity contribution in [2.75, 3.05) is 26.4 Å². The van der Waals surface area contributed by atoms with Crippen LogP contribution in [0.15, 0.2) is 24.3 Å². The van der Waals surface area contributed by atoms with Crippen LogP contribution in [0.4, 0.5) is 0 Å². The molecule has 0 unspecified atom stereocenters. The first-order valence-electron chi connectivity index (χ1n) is 8.22. The zero-order valence-electron chi connectivity index (χ0n) is 14.6. The number of hydrogen-bond acceptors (Lipinski definition) is 5. The van der Waals surface area contributed by atoms with Gasteiger partial charge >= 0.3 is 14.8 Å². The van der Waals surface area contributed by atoms with Crippen molar-refractivity contribution in [3.63, 3.8) is 0 Å². The van der Waals surface area contributed by atoms with Crippen molar-refractivity contribution in [1.29, 1.82) is 0 Å². The molecule has 1 aromatic carbocycles. The third-order valence-corrected chi connectivity index (χ3v) is 6.39. The lowest BCUT2D eigenvalue weighted by atomic mass is 10.1. The van der Waals surface area contributed by atoms with E-state index >= 15 is 0 Å². The Bertz CT molecular complexity index is 444. The Kier molecular flexibility index (Phi) is 9.09. The third kappa shape index (κ3) is 6.82. The van der Waals surface area contributed by atoms with Crippen molar-refractivity contribution < 1.29 is 22.8 Å². The summed E-state index contributed by atoms with van der Waals surface area (Å²) in [6.07, 6.45) is 0.657. The summed E-state index contributed by atoms with van der Waals surface area (Å²) in [4.78, 5) is 12.0. The molecule has 1 rings (SSSR count). The van der Waals surface area contributed by atoms with E-state index < -0.39 is 8.80 Å². The highest BCUT2D eigenvalue weighted by Gasteiger charge is 2.39. The highest BCUT2D eigenvalue weighted by molar-refractivity contribution is 6.60. The average Bonchev–Trinajstić information content (AvgIpc) is 2.53. The number of carbonyl (C=O) groups is 1. The molecule has 0 fully saturated rings. The van der Waals surface area contributed by atoms with Crippen LogP contribution >= 0.6 is 0 Å². The summed E-state index contributed by atoms with van der Waals surface area (Å²) in [5.41, 5.74) is 1.68. The number of aryl methyl sites for hydroxylation is 1. The van der Waals surface area contributed by atoms with E-state index in [1.54, 1.807) is 12.1 Å². The maximum atomic E-state index is 12.0. The number of rotatable bonds is 11. The topological polar surface area (TPSA) is 54.0 Å². The van der Waals surface area contributed by atoms with Gasteiger partial charge in [-0.1, -0.05) is 17.7 Å². The van der Waals surface area contributed by atoms with Crippen molar-refractivity contribution >= 4 is 14.8 Å². The van der Waals surface area contributed by atoms with Crippen molar-refractivity contribution in [3.05, 3.63) is 35.4 Å². The van der Waals surface area contributed by atoms with Gasteiger partial charge in [0.1, 0.15) is 0 Å². The van der Waals surface area contributed by atoms with Crippen molar-refractivity contribution in [1.82, 2.24) is 0 Å². The molecule has 0 aliphatic rings. The van der Waals surface area contributed by atoms with Gasteiger partial charge in [0.2, 0.25) is 0 Å². The zero-order valence-corrected chi connectivity index (χ0v) is 15.6. The van der Waals surface area contributed by atoms with Gasteiger partial charge < -0.3 is 18.0 Å². The Morgan fingerprint density at radius 3 is 1.96 bits per heavy atom. The highest BCUT2D eigenvalue weighted by atomic mass is 28.4. The summed E-state index contributed by atoms with van der Waals surface area (Å²) in [6, 6.07) is 7.99. The van der Waals surface area contributed by atoms with Crippen LogP contribution in [0.3, 0.4) is 0 Å². The van der Waals surface area contributed by atoms with Crippen LogP contribution in [0.1, 0.15) is 43.1 Å². The first-order valence-corrected chi connectivity index (χ1v) is 10.2. The van der Waals surface area contributed by atoms with E-state index in [2.05, 4.69) is 0 Å². The van der Waals surface area contributed by atoms with Gasteiger partial charge in [-0.25, -0.2) is 4.79 Å². The number of ether oxygens (including phenoxy) is 1. The summed E-state index contributed by atoms with van der Waals surface area (Å²) in [7, 11) is -2.65. The smallest absolute Gasteiger partial charge is 0.462 e. The van der Waals surface area contributed by atoms with Crippen molar-refractivity contribution in [3.8, 4) is 0 Å². The molecule has 6 heteroatoms. The van der Waals surface area contributed by atoms with Crippen LogP contribution < -0.4 is 0 Å². The molecule has 0 N–H and O–H groups in total. The molecule has 5 nitrogen and oxygen atoms in total. The quantitative estimate of drug-likeness (QED) is 0.350. The van der Waals surface area contributed by atoms with E-state index in [1.807, 2.05) is 39.8 Å². The predicted octanol–water partition coefficient (Wildman–Crippen LogP) is 3.59. The molecule has 0 aliphatic carbocycles. The number of hydrogen-bond donors (Lipinski definition) is 0. The largest absolute Gasteiger partial charge is 0.501 e. The van der Waals surface area contributed by atoms with Gasteiger partial charge in [0.25, 0.3) is 0 Å². The maximum absolute atomic E-state index is 12.0. The second-order valence-corrected chi connectivity index (χ2v) is 7.82. The molecule has 0 atom stereocenters. The fraction of sp³-hybridized carbons (Fsp3) is 0.588. The van der Waals surface area contributed by atoms with Gasteiger partial charge in [-0.3, -0.25) is 0 Å². The molecule has 0 aromatic heterocycles. The minimum absolute atomic E-state index is 0.304. The first kappa shape index (κ1) is 19.8. The SMILES string of the molecule is CCO[Si](CCCOC(=O)c1ccc(C)cc1)(OCC)OCC. The lowest BCUT2D eigenvalue weighted by molar-refractivity contribution is 0.0468.